The number of fused-ring (bicyclic) bond motifs is 2. The van der Waals surface area contributed by atoms with E-state index in [0.717, 1.165) is 43.8 Å². The number of hydrogen-bond donors (Lipinski definition) is 1. The van der Waals surface area contributed by atoms with Gasteiger partial charge >= 0.3 is 0 Å². The number of hydrogen-bond acceptors (Lipinski definition) is 4. The fourth-order valence-corrected chi connectivity index (χ4v) is 3.62. The van der Waals surface area contributed by atoms with Crippen LogP contribution in [-0.2, 0) is 0 Å². The fraction of sp³-hybridized carbons (Fsp3) is 0.133. The molecule has 0 radical (unpaired) electrons. The highest BCUT2D eigenvalue weighted by atomic mass is 35.5. The zero-order valence-electron chi connectivity index (χ0n) is 10.5. The quantitative estimate of drug-likeness (QED) is 0.722. The lowest BCUT2D eigenvalue weighted by Crippen LogP contribution is -2.18. The number of nitrogens with one attached hydrogen (secondary N) is 1. The standard InChI is InChI=1S/C15H11ClN2OS/c16-9-4-5-11-13(8-9)20-15(18-11)10-2-1-3-12-14(10)19-7-6-17-12/h1-5,8,17H,6-7H2. The van der Waals surface area contributed by atoms with Gasteiger partial charge in [-0.1, -0.05) is 17.7 Å². The number of rotatable bonds is 1. The molecule has 20 heavy (non-hydrogen) atoms. The van der Waals surface area contributed by atoms with E-state index in [9.17, 15) is 0 Å². The van der Waals surface area contributed by atoms with Gasteiger partial charge in [0.25, 0.3) is 0 Å². The van der Waals surface area contributed by atoms with E-state index in [0.29, 0.717) is 6.61 Å². The average molecular weight is 303 g/mol. The molecule has 0 bridgehead atoms. The molecule has 2 heterocycles. The molecule has 3 nitrogen and oxygen atoms in total. The molecule has 0 unspecified atom stereocenters. The average Bonchev–Trinajstić information content (AvgIpc) is 2.89. The Morgan fingerprint density at radius 2 is 2.20 bits per heavy atom. The predicted molar refractivity (Wildman–Crippen MR) is 84.1 cm³/mol. The van der Waals surface area contributed by atoms with Crippen molar-refractivity contribution in [1.29, 1.82) is 0 Å². The highest BCUT2D eigenvalue weighted by molar-refractivity contribution is 7.21. The molecule has 2 aromatic carbocycles. The van der Waals surface area contributed by atoms with Crippen LogP contribution in [0.2, 0.25) is 5.02 Å². The molecule has 0 saturated heterocycles. The number of thiazole rings is 1. The molecule has 0 spiro atoms. The van der Waals surface area contributed by atoms with Gasteiger partial charge in [0, 0.05) is 11.6 Å². The Bertz CT molecular complexity index is 800. The number of benzene rings is 2. The number of ether oxygens (including phenoxy) is 1. The molecule has 0 atom stereocenters. The number of halogens is 1. The van der Waals surface area contributed by atoms with Crippen molar-refractivity contribution in [3.05, 3.63) is 41.4 Å². The highest BCUT2D eigenvalue weighted by Crippen LogP contribution is 2.41. The fourth-order valence-electron chi connectivity index (χ4n) is 2.35. The van der Waals surface area contributed by atoms with Gasteiger partial charge in [0.1, 0.15) is 11.6 Å². The third-order valence-electron chi connectivity index (χ3n) is 3.26. The summed E-state index contributed by atoms with van der Waals surface area (Å²) >= 11 is 7.67. The van der Waals surface area contributed by atoms with Crippen LogP contribution in [0.1, 0.15) is 0 Å². The number of aromatic nitrogens is 1. The first-order valence-electron chi connectivity index (χ1n) is 6.37. The second kappa shape index (κ2) is 4.65. The maximum atomic E-state index is 6.03. The van der Waals surface area contributed by atoms with Gasteiger partial charge in [-0.3, -0.25) is 0 Å². The lowest BCUT2D eigenvalue weighted by molar-refractivity contribution is 0.324. The van der Waals surface area contributed by atoms with Gasteiger partial charge in [0.2, 0.25) is 0 Å². The van der Waals surface area contributed by atoms with Crippen LogP contribution in [0.5, 0.6) is 5.75 Å². The van der Waals surface area contributed by atoms with E-state index >= 15 is 0 Å². The molecule has 0 fully saturated rings. The van der Waals surface area contributed by atoms with Crippen molar-refractivity contribution in [3.8, 4) is 16.3 Å². The molecule has 1 aliphatic heterocycles. The normalized spacial score (nSPS) is 13.7. The molecule has 1 aromatic heterocycles. The first-order valence-corrected chi connectivity index (χ1v) is 7.57. The molecule has 4 rings (SSSR count). The van der Waals surface area contributed by atoms with Gasteiger partial charge in [-0.05, 0) is 30.3 Å². The Morgan fingerprint density at radius 3 is 3.15 bits per heavy atom. The number of anilines is 1. The zero-order chi connectivity index (χ0) is 13.5. The summed E-state index contributed by atoms with van der Waals surface area (Å²) in [5.74, 6) is 0.893. The van der Waals surface area contributed by atoms with Crippen LogP contribution in [0.4, 0.5) is 5.69 Å². The van der Waals surface area contributed by atoms with Gasteiger partial charge in [-0.15, -0.1) is 11.3 Å². The zero-order valence-corrected chi connectivity index (χ0v) is 12.1. The summed E-state index contributed by atoms with van der Waals surface area (Å²) in [5.41, 5.74) is 3.04. The molecule has 3 aromatic rings. The monoisotopic (exact) mass is 302 g/mol. The molecule has 1 N–H and O–H groups in total. The van der Waals surface area contributed by atoms with Gasteiger partial charge in [0.05, 0.1) is 21.5 Å². The Kier molecular flexibility index (Phi) is 2.79. The van der Waals surface area contributed by atoms with Crippen molar-refractivity contribution in [2.45, 2.75) is 0 Å². The maximum Gasteiger partial charge on any atom is 0.152 e. The summed E-state index contributed by atoms with van der Waals surface area (Å²) in [6.45, 7) is 1.52. The Balaban J connectivity index is 1.90. The van der Waals surface area contributed by atoms with Crippen molar-refractivity contribution in [1.82, 2.24) is 4.98 Å². The minimum Gasteiger partial charge on any atom is -0.489 e. The molecule has 1 aliphatic rings. The predicted octanol–water partition coefficient (Wildman–Crippen LogP) is 4.42. The smallest absolute Gasteiger partial charge is 0.152 e. The minimum atomic E-state index is 0.681. The topological polar surface area (TPSA) is 34.1 Å². The van der Waals surface area contributed by atoms with Crippen LogP contribution in [0.25, 0.3) is 20.8 Å². The van der Waals surface area contributed by atoms with E-state index < -0.39 is 0 Å². The van der Waals surface area contributed by atoms with E-state index in [4.69, 9.17) is 16.3 Å². The molecule has 0 amide bonds. The van der Waals surface area contributed by atoms with E-state index in [1.165, 1.54) is 0 Å². The van der Waals surface area contributed by atoms with Crippen molar-refractivity contribution >= 4 is 38.8 Å². The second-order valence-corrected chi connectivity index (χ2v) is 6.06. The summed E-state index contributed by atoms with van der Waals surface area (Å²) in [5, 5.41) is 5.04. The van der Waals surface area contributed by atoms with Gasteiger partial charge in [0.15, 0.2) is 5.75 Å². The van der Waals surface area contributed by atoms with Crippen LogP contribution >= 0.6 is 22.9 Å². The molecule has 0 aliphatic carbocycles. The lowest BCUT2D eigenvalue weighted by atomic mass is 10.1. The van der Waals surface area contributed by atoms with Gasteiger partial charge in [-0.2, -0.15) is 0 Å². The Hall–Kier alpha value is -1.78. The van der Waals surface area contributed by atoms with E-state index in [1.807, 2.05) is 36.4 Å². The van der Waals surface area contributed by atoms with Crippen LogP contribution in [0, 0.1) is 0 Å². The molecule has 100 valence electrons. The van der Waals surface area contributed by atoms with Crippen molar-refractivity contribution in [2.75, 3.05) is 18.5 Å². The molecule has 0 saturated carbocycles. The van der Waals surface area contributed by atoms with Crippen molar-refractivity contribution < 1.29 is 4.74 Å². The summed E-state index contributed by atoms with van der Waals surface area (Å²) in [7, 11) is 0. The molecular formula is C15H11ClN2OS. The van der Waals surface area contributed by atoms with Gasteiger partial charge < -0.3 is 10.1 Å². The minimum absolute atomic E-state index is 0.681. The van der Waals surface area contributed by atoms with Crippen LogP contribution < -0.4 is 10.1 Å². The van der Waals surface area contributed by atoms with Crippen LogP contribution in [-0.4, -0.2) is 18.1 Å². The summed E-state index contributed by atoms with van der Waals surface area (Å²) in [6, 6.07) is 11.9. The number of nitrogens with zero attached hydrogens (tertiary/aromatic N) is 1. The van der Waals surface area contributed by atoms with Gasteiger partial charge in [-0.25, -0.2) is 4.98 Å². The Labute approximate surface area is 125 Å². The van der Waals surface area contributed by atoms with E-state index in [-0.39, 0.29) is 0 Å². The summed E-state index contributed by atoms with van der Waals surface area (Å²) in [4.78, 5) is 4.68. The molecule has 5 heteroatoms. The van der Waals surface area contributed by atoms with Crippen LogP contribution in [0.3, 0.4) is 0 Å². The van der Waals surface area contributed by atoms with Crippen LogP contribution in [0.15, 0.2) is 36.4 Å². The number of para-hydroxylation sites is 1. The largest absolute Gasteiger partial charge is 0.489 e. The summed E-state index contributed by atoms with van der Waals surface area (Å²) < 4.78 is 6.90. The third kappa shape index (κ3) is 1.92. The first-order chi connectivity index (χ1) is 9.81. The van der Waals surface area contributed by atoms with Crippen molar-refractivity contribution in [2.24, 2.45) is 0 Å². The molecular weight excluding hydrogens is 292 g/mol. The van der Waals surface area contributed by atoms with Crippen molar-refractivity contribution in [3.63, 3.8) is 0 Å². The SMILES string of the molecule is Clc1ccc2nc(-c3cccc4c3OCCN4)sc2c1. The summed E-state index contributed by atoms with van der Waals surface area (Å²) in [6.07, 6.45) is 0. The van der Waals surface area contributed by atoms with E-state index in [1.54, 1.807) is 11.3 Å². The first kappa shape index (κ1) is 12.0. The Morgan fingerprint density at radius 1 is 1.25 bits per heavy atom. The lowest BCUT2D eigenvalue weighted by Gasteiger charge is -2.20. The van der Waals surface area contributed by atoms with E-state index in [2.05, 4.69) is 10.3 Å². The third-order valence-corrected chi connectivity index (χ3v) is 4.55. The highest BCUT2D eigenvalue weighted by Gasteiger charge is 2.17. The maximum absolute atomic E-state index is 6.03. The second-order valence-electron chi connectivity index (χ2n) is 4.59.